The molecule has 1 saturated carbocycles. The highest BCUT2D eigenvalue weighted by molar-refractivity contribution is 7.13. The van der Waals surface area contributed by atoms with Crippen molar-refractivity contribution in [3.05, 3.63) is 102 Å². The number of likely N-dealkylation sites (tertiary alicyclic amines) is 2. The Morgan fingerprint density at radius 3 is 2.44 bits per heavy atom. The summed E-state index contributed by atoms with van der Waals surface area (Å²) in [6, 6.07) is 22.6. The molecule has 1 unspecified atom stereocenters. The summed E-state index contributed by atoms with van der Waals surface area (Å²) in [5.41, 5.74) is 14.5. The zero-order valence-corrected chi connectivity index (χ0v) is 46.1. The molecule has 0 spiro atoms. The number of carbonyl (C=O) groups is 2. The minimum atomic E-state index is -0.821. The third-order valence-corrected chi connectivity index (χ3v) is 18.1. The summed E-state index contributed by atoms with van der Waals surface area (Å²) in [4.78, 5) is 47.2. The maximum Gasteiger partial charge on any atom is 0.254 e. The number of thiazole rings is 1. The van der Waals surface area contributed by atoms with Crippen LogP contribution in [0.25, 0.3) is 21.7 Å². The third-order valence-electron chi connectivity index (χ3n) is 17.1. The summed E-state index contributed by atoms with van der Waals surface area (Å²) < 4.78 is 18.4. The second-order valence-corrected chi connectivity index (χ2v) is 23.7. The average molecular weight is 1080 g/mol. The summed E-state index contributed by atoms with van der Waals surface area (Å²) >= 11 is 1.60. The Morgan fingerprint density at radius 2 is 1.71 bits per heavy atom. The second-order valence-electron chi connectivity index (χ2n) is 22.9. The number of pyridine rings is 1. The molecule has 19 heteroatoms. The van der Waals surface area contributed by atoms with E-state index in [-0.39, 0.29) is 48.6 Å². The van der Waals surface area contributed by atoms with Crippen molar-refractivity contribution in [3.8, 4) is 39.2 Å². The average Bonchev–Trinajstić information content (AvgIpc) is 4.31. The van der Waals surface area contributed by atoms with E-state index >= 15 is 0 Å². The van der Waals surface area contributed by atoms with Crippen molar-refractivity contribution in [1.82, 2.24) is 40.4 Å². The first-order valence-corrected chi connectivity index (χ1v) is 28.8. The van der Waals surface area contributed by atoms with Gasteiger partial charge in [-0.2, -0.15) is 0 Å². The number of nitrogen functional groups attached to an aromatic ring is 1. The number of β-amino-alcohol motifs (C(OH)–C–C–N with tert-alkyl or cyclic N) is 1. The van der Waals surface area contributed by atoms with Crippen LogP contribution in [0, 0.1) is 30.6 Å². The van der Waals surface area contributed by atoms with Crippen LogP contribution in [0.2, 0.25) is 0 Å². The normalized spacial score (nSPS) is 25.0. The van der Waals surface area contributed by atoms with Gasteiger partial charge in [0, 0.05) is 80.8 Å². The van der Waals surface area contributed by atoms with Crippen molar-refractivity contribution in [2.45, 2.75) is 122 Å². The van der Waals surface area contributed by atoms with Crippen molar-refractivity contribution < 1.29 is 33.8 Å². The molecule has 8 heterocycles. The smallest absolute Gasteiger partial charge is 0.254 e. The number of fused-ring (bicyclic) bond motifs is 2. The van der Waals surface area contributed by atoms with E-state index in [1.165, 1.54) is 4.90 Å². The van der Waals surface area contributed by atoms with Gasteiger partial charge in [0.2, 0.25) is 17.7 Å². The van der Waals surface area contributed by atoms with Crippen LogP contribution in [0.1, 0.15) is 102 Å². The highest BCUT2D eigenvalue weighted by atomic mass is 32.1. The third kappa shape index (κ3) is 11.4. The Balaban J connectivity index is 0.610. The molecule has 2 amide bonds. The number of phenols is 1. The van der Waals surface area contributed by atoms with E-state index in [4.69, 9.17) is 19.7 Å². The molecule has 5 N–H and O–H groups in total. The molecule has 4 saturated heterocycles. The topological polar surface area (TPSA) is 222 Å². The number of amides is 2. The molecule has 18 nitrogen and oxygen atoms in total. The van der Waals surface area contributed by atoms with E-state index in [1.54, 1.807) is 29.5 Å². The molecule has 78 heavy (non-hydrogen) atoms. The number of ether oxygens (including phenoxy) is 2. The Morgan fingerprint density at radius 1 is 0.923 bits per heavy atom. The first-order chi connectivity index (χ1) is 37.7. The minimum absolute atomic E-state index is 0.0620. The van der Waals surface area contributed by atoms with Crippen molar-refractivity contribution in [2.75, 3.05) is 61.4 Å². The van der Waals surface area contributed by atoms with Crippen LogP contribution in [-0.4, -0.2) is 133 Å². The van der Waals surface area contributed by atoms with Gasteiger partial charge in [-0.25, -0.2) is 9.97 Å². The molecule has 0 radical (unpaired) electrons. The Hall–Kier alpha value is -6.83. The first-order valence-electron chi connectivity index (χ1n) is 27.9. The number of carbonyl (C=O) groups excluding carboxylic acids is 2. The maximum atomic E-state index is 14.3. The molecular formula is C59H73N11O7S. The lowest BCUT2D eigenvalue weighted by atomic mass is 9.80. The lowest BCUT2D eigenvalue weighted by molar-refractivity contribution is -0.141. The number of nitrogens with zero attached hydrogens (tertiary/aromatic N) is 9. The van der Waals surface area contributed by atoms with Gasteiger partial charge in [0.1, 0.15) is 23.8 Å². The monoisotopic (exact) mass is 1080 g/mol. The number of nitrogens with two attached hydrogens (primary N) is 1. The summed E-state index contributed by atoms with van der Waals surface area (Å²) in [7, 11) is 0. The second kappa shape index (κ2) is 22.9. The lowest BCUT2D eigenvalue weighted by Gasteiger charge is -2.44. The number of para-hydroxylation sites is 1. The number of aromatic nitrogens is 5. The van der Waals surface area contributed by atoms with Gasteiger partial charge < -0.3 is 54.9 Å². The number of aromatic hydroxyl groups is 1. The SMILES string of the molecule is Cc1ncsc1-c1ccc([C@H](C)NC(=O)[C@@H]2C[C@@H](O)CN2C(=O)[C@H](c2cc(OCC[C@H]3CCN(CC4CC(Oc5cc(N6C7CC[C@@H]6CN(c6cc(-c8ccccc8O)nnc6N)C7)ccn5)C4)C[C@@H]3C)no2)C(C)C)cc1. The lowest BCUT2D eigenvalue weighted by Crippen LogP contribution is -2.54. The van der Waals surface area contributed by atoms with Gasteiger partial charge in [-0.1, -0.05) is 57.2 Å². The number of anilines is 3. The zero-order chi connectivity index (χ0) is 54.2. The fourth-order valence-electron chi connectivity index (χ4n) is 12.9. The van der Waals surface area contributed by atoms with Crippen LogP contribution in [0.5, 0.6) is 17.5 Å². The van der Waals surface area contributed by atoms with Gasteiger partial charge >= 0.3 is 0 Å². The molecule has 412 valence electrons. The molecule has 5 aliphatic rings. The van der Waals surface area contributed by atoms with Gasteiger partial charge in [0.15, 0.2) is 11.6 Å². The Labute approximate surface area is 460 Å². The predicted octanol–water partition coefficient (Wildman–Crippen LogP) is 8.27. The standard InChI is InChI=1S/C59H73N11O7S/c1-34(2)55(59(74)69-32-45(71)25-50(69)58(73)63-36(4)40-10-12-41(13-11-40)56-37(5)62-33-78-56)52-27-54(66-77-52)75-21-18-39-17-20-67(28-35(39)3)29-38-22-46(23-38)76-53-24-42(16-19-61-53)70-43-14-15-44(70)31-68(30-43)49-26-48(64-65-57(49)60)47-8-6-7-9-51(47)72/h6-13,16,19,24,26-27,33-36,38-39,43-46,50,55,71-72H,14-15,17-18,20-23,25,28-32H2,1-5H3,(H2,60,65)(H,63,73)/t35-,36-,38?,39+,43+,44?,45+,46?,50-,55-/m0/s1. The zero-order valence-electron chi connectivity index (χ0n) is 45.3. The van der Waals surface area contributed by atoms with Gasteiger partial charge in [-0.3, -0.25) is 9.59 Å². The van der Waals surface area contributed by atoms with Gasteiger partial charge in [-0.05, 0) is 123 Å². The molecule has 6 aromatic rings. The molecule has 1 aliphatic carbocycles. The van der Waals surface area contributed by atoms with E-state index in [1.807, 2.05) is 81.9 Å². The van der Waals surface area contributed by atoms with Crippen molar-refractivity contribution in [3.63, 3.8) is 0 Å². The number of aryl methyl sites for hydroxylation is 1. The Kier molecular flexibility index (Phi) is 15.6. The van der Waals surface area contributed by atoms with Gasteiger partial charge in [0.25, 0.3) is 5.88 Å². The number of hydrogen-bond acceptors (Lipinski definition) is 17. The van der Waals surface area contributed by atoms with E-state index in [0.717, 1.165) is 104 Å². The molecule has 5 fully saturated rings. The van der Waals surface area contributed by atoms with Crippen LogP contribution in [0.4, 0.5) is 17.2 Å². The quantitative estimate of drug-likeness (QED) is 0.0636. The summed E-state index contributed by atoms with van der Waals surface area (Å²) in [5.74, 6) is 2.13. The molecular weight excluding hydrogens is 1010 g/mol. The highest BCUT2D eigenvalue weighted by Gasteiger charge is 2.45. The highest BCUT2D eigenvalue weighted by Crippen LogP contribution is 2.41. The fourth-order valence-corrected chi connectivity index (χ4v) is 13.7. The van der Waals surface area contributed by atoms with Crippen LogP contribution in [-0.2, 0) is 9.59 Å². The number of piperazine rings is 1. The number of aliphatic hydroxyl groups is 1. The van der Waals surface area contributed by atoms with E-state index in [0.29, 0.717) is 71.0 Å². The number of benzene rings is 2. The number of hydrogen-bond donors (Lipinski definition) is 4. The summed E-state index contributed by atoms with van der Waals surface area (Å²) in [6.45, 7) is 15.5. The Bertz CT molecular complexity index is 3040. The molecule has 11 rings (SSSR count). The minimum Gasteiger partial charge on any atom is -0.507 e. The number of rotatable bonds is 18. The van der Waals surface area contributed by atoms with E-state index in [9.17, 15) is 19.8 Å². The molecule has 4 aliphatic heterocycles. The fraction of sp³-hybridized carbons (Fsp3) is 0.508. The first kappa shape index (κ1) is 53.2. The summed E-state index contributed by atoms with van der Waals surface area (Å²) in [5, 5.41) is 37.1. The van der Waals surface area contributed by atoms with Crippen molar-refractivity contribution >= 4 is 40.3 Å². The van der Waals surface area contributed by atoms with Gasteiger partial charge in [-0.15, -0.1) is 21.5 Å². The largest absolute Gasteiger partial charge is 0.507 e. The van der Waals surface area contributed by atoms with Crippen LogP contribution in [0.15, 0.2) is 89.0 Å². The molecule has 8 atom stereocenters. The van der Waals surface area contributed by atoms with Crippen LogP contribution < -0.4 is 30.3 Å². The maximum absolute atomic E-state index is 14.3. The van der Waals surface area contributed by atoms with Crippen LogP contribution in [0.3, 0.4) is 0 Å². The van der Waals surface area contributed by atoms with Crippen molar-refractivity contribution in [1.29, 1.82) is 0 Å². The number of aliphatic hydroxyl groups excluding tert-OH is 1. The van der Waals surface area contributed by atoms with E-state index in [2.05, 4.69) is 64.4 Å². The van der Waals surface area contributed by atoms with E-state index < -0.39 is 18.1 Å². The molecule has 2 aromatic carbocycles. The predicted molar refractivity (Wildman–Crippen MR) is 299 cm³/mol. The van der Waals surface area contributed by atoms with Crippen LogP contribution >= 0.6 is 11.3 Å². The molecule has 2 bridgehead atoms. The summed E-state index contributed by atoms with van der Waals surface area (Å²) in [6.07, 6.45) is 7.55. The number of piperidine rings is 1. The van der Waals surface area contributed by atoms with Crippen molar-refractivity contribution in [2.24, 2.45) is 23.7 Å². The van der Waals surface area contributed by atoms with Gasteiger partial charge in [0.05, 0.1) is 46.2 Å². The number of phenolic OH excluding ortho intramolecular Hbond substituents is 1. The molecule has 4 aromatic heterocycles. The number of nitrogens with one attached hydrogen (secondary N) is 1.